The van der Waals surface area contributed by atoms with Crippen LogP contribution in [0.5, 0.6) is 0 Å². The minimum Gasteiger partial charge on any atom is -0.391 e. The minimum absolute atomic E-state index is 0.0415. The Bertz CT molecular complexity index is 953. The molecule has 0 amide bonds. The monoisotopic (exact) mass is 392 g/mol. The normalized spacial score (nSPS) is 12.1. The zero-order chi connectivity index (χ0) is 20.3. The van der Waals surface area contributed by atoms with Crippen LogP contribution in [0, 0.1) is 17.5 Å². The fraction of sp³-hybridized carbons (Fsp3) is 0.278. The summed E-state index contributed by atoms with van der Waals surface area (Å²) in [5.74, 6) is -3.09. The summed E-state index contributed by atoms with van der Waals surface area (Å²) in [7, 11) is 0. The molecule has 0 spiro atoms. The van der Waals surface area contributed by atoms with Crippen LogP contribution in [-0.2, 0) is 6.54 Å². The first-order valence-corrected chi connectivity index (χ1v) is 8.62. The molecule has 0 radical (unpaired) electrons. The zero-order valence-corrected chi connectivity index (χ0v) is 15.2. The van der Waals surface area contributed by atoms with Crippen molar-refractivity contribution in [1.29, 1.82) is 0 Å². The van der Waals surface area contributed by atoms with Crippen LogP contribution in [0.2, 0.25) is 0 Å². The van der Waals surface area contributed by atoms with Crippen molar-refractivity contribution in [3.05, 3.63) is 47.9 Å². The molecule has 1 aromatic carbocycles. The molecule has 0 saturated heterocycles. The van der Waals surface area contributed by atoms with Crippen LogP contribution in [0.1, 0.15) is 13.8 Å². The summed E-state index contributed by atoms with van der Waals surface area (Å²) >= 11 is 0. The topological polar surface area (TPSA) is 87.9 Å². The van der Waals surface area contributed by atoms with Crippen LogP contribution in [0.25, 0.3) is 11.4 Å². The van der Waals surface area contributed by atoms with E-state index < -0.39 is 23.6 Å². The smallest absolute Gasteiger partial charge is 0.247 e. The number of nitrogens with zero attached hydrogens (tertiary/aromatic N) is 4. The molecule has 148 valence electrons. The van der Waals surface area contributed by atoms with Crippen LogP contribution in [0.4, 0.5) is 30.6 Å². The van der Waals surface area contributed by atoms with Crippen molar-refractivity contribution < 1.29 is 18.3 Å². The lowest BCUT2D eigenvalue weighted by Gasteiger charge is -2.09. The van der Waals surface area contributed by atoms with Crippen molar-refractivity contribution in [3.63, 3.8) is 0 Å². The Balaban J connectivity index is 1.97. The first kappa shape index (κ1) is 19.6. The summed E-state index contributed by atoms with van der Waals surface area (Å²) in [4.78, 5) is 8.54. The molecule has 3 N–H and O–H groups in total. The van der Waals surface area contributed by atoms with E-state index in [0.717, 1.165) is 12.1 Å². The Morgan fingerprint density at radius 2 is 1.89 bits per heavy atom. The van der Waals surface area contributed by atoms with Gasteiger partial charge < -0.3 is 15.7 Å². The number of aliphatic hydroxyl groups is 1. The molecule has 2 heterocycles. The number of anilines is 3. The number of aromatic nitrogens is 4. The number of hydrogen-bond donors (Lipinski definition) is 3. The highest BCUT2D eigenvalue weighted by molar-refractivity contribution is 5.62. The van der Waals surface area contributed by atoms with E-state index >= 15 is 0 Å². The first-order valence-electron chi connectivity index (χ1n) is 8.62. The maximum absolute atomic E-state index is 13.4. The molecule has 2 aromatic heterocycles. The Labute approximate surface area is 159 Å². The summed E-state index contributed by atoms with van der Waals surface area (Å²) < 4.78 is 41.5. The fourth-order valence-corrected chi connectivity index (χ4v) is 2.59. The summed E-state index contributed by atoms with van der Waals surface area (Å²) in [5.41, 5.74) is 0.642. The second-order valence-corrected chi connectivity index (χ2v) is 6.13. The molecule has 28 heavy (non-hydrogen) atoms. The lowest BCUT2D eigenvalue weighted by atomic mass is 10.2. The molecule has 3 aromatic rings. The van der Waals surface area contributed by atoms with Gasteiger partial charge in [0.2, 0.25) is 5.95 Å². The standard InChI is InChI=1S/C18H19F3N6O/c1-3-22-15-6-11(4-5-23-15)17-25-18(26-27(17)9-10(2)28)24-12-7-13(19)16(21)14(20)8-12/h4-8,10,28H,3,9H2,1-2H3,(H,22,23)(H,24,26). The third kappa shape index (κ3) is 4.39. The molecule has 7 nitrogen and oxygen atoms in total. The second-order valence-electron chi connectivity index (χ2n) is 6.13. The highest BCUT2D eigenvalue weighted by Crippen LogP contribution is 2.24. The van der Waals surface area contributed by atoms with Gasteiger partial charge in [-0.2, -0.15) is 4.98 Å². The summed E-state index contributed by atoms with van der Waals surface area (Å²) in [6, 6.07) is 5.11. The quantitative estimate of drug-likeness (QED) is 0.535. The third-order valence-electron chi connectivity index (χ3n) is 3.72. The molecule has 0 saturated carbocycles. The SMILES string of the molecule is CCNc1cc(-c2nc(Nc3cc(F)c(F)c(F)c3)nn2CC(C)O)ccn1. The predicted molar refractivity (Wildman–Crippen MR) is 98.7 cm³/mol. The van der Waals surface area contributed by atoms with E-state index in [0.29, 0.717) is 23.8 Å². The van der Waals surface area contributed by atoms with Crippen molar-refractivity contribution in [2.45, 2.75) is 26.5 Å². The number of halogens is 3. The van der Waals surface area contributed by atoms with E-state index in [1.165, 1.54) is 4.68 Å². The van der Waals surface area contributed by atoms with Gasteiger partial charge in [0.15, 0.2) is 23.3 Å². The van der Waals surface area contributed by atoms with Gasteiger partial charge >= 0.3 is 0 Å². The van der Waals surface area contributed by atoms with Crippen LogP contribution in [0.3, 0.4) is 0 Å². The van der Waals surface area contributed by atoms with Crippen LogP contribution < -0.4 is 10.6 Å². The fourth-order valence-electron chi connectivity index (χ4n) is 2.59. The van der Waals surface area contributed by atoms with Crippen molar-refractivity contribution in [1.82, 2.24) is 19.7 Å². The second kappa shape index (κ2) is 8.26. The average molecular weight is 392 g/mol. The largest absolute Gasteiger partial charge is 0.391 e. The van der Waals surface area contributed by atoms with Gasteiger partial charge in [0.05, 0.1) is 12.6 Å². The van der Waals surface area contributed by atoms with Gasteiger partial charge in [0.1, 0.15) is 5.82 Å². The molecule has 10 heteroatoms. The Hall–Kier alpha value is -3.14. The van der Waals surface area contributed by atoms with E-state index in [4.69, 9.17) is 0 Å². The van der Waals surface area contributed by atoms with Crippen molar-refractivity contribution in [3.8, 4) is 11.4 Å². The Kier molecular flexibility index (Phi) is 5.78. The van der Waals surface area contributed by atoms with Crippen LogP contribution in [0.15, 0.2) is 30.5 Å². The highest BCUT2D eigenvalue weighted by atomic mass is 19.2. The number of pyridine rings is 1. The third-order valence-corrected chi connectivity index (χ3v) is 3.72. The van der Waals surface area contributed by atoms with E-state index in [1.807, 2.05) is 6.92 Å². The van der Waals surface area contributed by atoms with E-state index in [1.54, 1.807) is 25.3 Å². The number of benzene rings is 1. The minimum atomic E-state index is -1.55. The van der Waals surface area contributed by atoms with Crippen molar-refractivity contribution >= 4 is 17.5 Å². The van der Waals surface area contributed by atoms with Crippen LogP contribution >= 0.6 is 0 Å². The van der Waals surface area contributed by atoms with E-state index in [-0.39, 0.29) is 18.2 Å². The summed E-state index contributed by atoms with van der Waals surface area (Å²) in [6.07, 6.45) is 0.899. The predicted octanol–water partition coefficient (Wildman–Crippen LogP) is 3.31. The van der Waals surface area contributed by atoms with Gasteiger partial charge in [-0.05, 0) is 26.0 Å². The van der Waals surface area contributed by atoms with Gasteiger partial charge in [0.25, 0.3) is 0 Å². The van der Waals surface area contributed by atoms with Crippen LogP contribution in [-0.4, -0.2) is 37.5 Å². The van der Waals surface area contributed by atoms with Gasteiger partial charge in [-0.15, -0.1) is 5.10 Å². The molecule has 0 aliphatic heterocycles. The first-order chi connectivity index (χ1) is 13.4. The number of rotatable bonds is 7. The Morgan fingerprint density at radius 3 is 2.54 bits per heavy atom. The molecular weight excluding hydrogens is 373 g/mol. The molecule has 1 unspecified atom stereocenters. The van der Waals surface area contributed by atoms with E-state index in [9.17, 15) is 18.3 Å². The Morgan fingerprint density at radius 1 is 1.18 bits per heavy atom. The molecule has 0 aliphatic rings. The summed E-state index contributed by atoms with van der Waals surface area (Å²) in [6.45, 7) is 4.37. The molecule has 1 atom stereocenters. The number of aliphatic hydroxyl groups excluding tert-OH is 1. The maximum Gasteiger partial charge on any atom is 0.247 e. The maximum atomic E-state index is 13.4. The average Bonchev–Trinajstić information content (AvgIpc) is 3.01. The van der Waals surface area contributed by atoms with E-state index in [2.05, 4.69) is 25.7 Å². The molecule has 0 aliphatic carbocycles. The molecule has 0 bridgehead atoms. The van der Waals surface area contributed by atoms with Gasteiger partial charge in [-0.25, -0.2) is 22.8 Å². The lowest BCUT2D eigenvalue weighted by molar-refractivity contribution is 0.169. The molecule has 0 fully saturated rings. The van der Waals surface area contributed by atoms with Gasteiger partial charge in [-0.1, -0.05) is 0 Å². The van der Waals surface area contributed by atoms with Crippen molar-refractivity contribution in [2.75, 3.05) is 17.2 Å². The van der Waals surface area contributed by atoms with Gasteiger partial charge in [-0.3, -0.25) is 0 Å². The molecule has 3 rings (SSSR count). The number of nitrogens with one attached hydrogen (secondary N) is 2. The zero-order valence-electron chi connectivity index (χ0n) is 15.2. The van der Waals surface area contributed by atoms with Gasteiger partial charge in [0, 0.05) is 36.1 Å². The summed E-state index contributed by atoms with van der Waals surface area (Å²) in [5, 5.41) is 19.7. The van der Waals surface area contributed by atoms with Crippen molar-refractivity contribution in [2.24, 2.45) is 0 Å². The lowest BCUT2D eigenvalue weighted by Crippen LogP contribution is -2.14. The molecular formula is C18H19F3N6O. The number of hydrogen-bond acceptors (Lipinski definition) is 6. The highest BCUT2D eigenvalue weighted by Gasteiger charge is 2.16.